The van der Waals surface area contributed by atoms with Gasteiger partial charge in [0, 0.05) is 13.1 Å². The van der Waals surface area contributed by atoms with Crippen molar-refractivity contribution in [1.82, 2.24) is 10.6 Å². The second kappa shape index (κ2) is 12.1. The molecule has 0 aliphatic heterocycles. The smallest absolute Gasteiger partial charge is 0.243 e. The van der Waals surface area contributed by atoms with Crippen molar-refractivity contribution in [3.63, 3.8) is 0 Å². The Labute approximate surface area is 113 Å². The van der Waals surface area contributed by atoms with E-state index < -0.39 is 12.2 Å². The van der Waals surface area contributed by atoms with Crippen LogP contribution in [-0.2, 0) is 14.3 Å². The molecule has 19 heavy (non-hydrogen) atoms. The minimum Gasteiger partial charge on any atom is -0.388 e. The Morgan fingerprint density at radius 2 is 1.74 bits per heavy atom. The van der Waals surface area contributed by atoms with Crippen molar-refractivity contribution in [2.75, 3.05) is 46.6 Å². The molecule has 1 amide bonds. The fraction of sp³-hybridized carbons (Fsp3) is 0.750. The number of ether oxygens (including phenoxy) is 2. The summed E-state index contributed by atoms with van der Waals surface area (Å²) in [5, 5.41) is 24.5. The molecule has 2 atom stereocenters. The second-order valence-electron chi connectivity index (χ2n) is 3.88. The summed E-state index contributed by atoms with van der Waals surface area (Å²) < 4.78 is 10.2. The first-order valence-electron chi connectivity index (χ1n) is 6.18. The van der Waals surface area contributed by atoms with Crippen LogP contribution >= 0.6 is 0 Å². The summed E-state index contributed by atoms with van der Waals surface area (Å²) in [7, 11) is 1.80. The summed E-state index contributed by atoms with van der Waals surface area (Å²) in [5.74, 6) is -0.276. The molecule has 0 saturated carbocycles. The second-order valence-corrected chi connectivity index (χ2v) is 3.88. The molecular weight excluding hydrogens is 252 g/mol. The van der Waals surface area contributed by atoms with Crippen LogP contribution in [0.3, 0.4) is 0 Å². The summed E-state index contributed by atoms with van der Waals surface area (Å²) in [4.78, 5) is 10.8. The van der Waals surface area contributed by atoms with E-state index in [4.69, 9.17) is 9.47 Å². The molecule has 0 radical (unpaired) electrons. The van der Waals surface area contributed by atoms with Crippen LogP contribution in [-0.4, -0.2) is 74.9 Å². The van der Waals surface area contributed by atoms with Gasteiger partial charge in [-0.1, -0.05) is 6.58 Å². The maximum atomic E-state index is 10.8. The molecule has 0 rings (SSSR count). The minimum absolute atomic E-state index is 0.0134. The van der Waals surface area contributed by atoms with Gasteiger partial charge in [0.1, 0.15) is 12.2 Å². The van der Waals surface area contributed by atoms with Crippen molar-refractivity contribution < 1.29 is 24.5 Å². The Kier molecular flexibility index (Phi) is 11.4. The van der Waals surface area contributed by atoms with Crippen LogP contribution in [0, 0.1) is 0 Å². The number of aliphatic hydroxyl groups is 2. The maximum Gasteiger partial charge on any atom is 0.243 e. The number of hydrogen-bond donors (Lipinski definition) is 4. The fourth-order valence-corrected chi connectivity index (χ4v) is 1.12. The third-order valence-electron chi connectivity index (χ3n) is 2.25. The normalized spacial score (nSPS) is 13.8. The Morgan fingerprint density at radius 3 is 2.21 bits per heavy atom. The van der Waals surface area contributed by atoms with E-state index in [0.717, 1.165) is 0 Å². The first-order valence-corrected chi connectivity index (χ1v) is 6.18. The van der Waals surface area contributed by atoms with E-state index in [-0.39, 0.29) is 25.7 Å². The van der Waals surface area contributed by atoms with Gasteiger partial charge in [0.15, 0.2) is 0 Å². The fourth-order valence-electron chi connectivity index (χ4n) is 1.12. The van der Waals surface area contributed by atoms with Gasteiger partial charge in [-0.15, -0.1) is 0 Å². The number of carbonyl (C=O) groups excluding carboxylic acids is 1. The average molecular weight is 276 g/mol. The zero-order valence-electron chi connectivity index (χ0n) is 11.3. The van der Waals surface area contributed by atoms with Crippen molar-refractivity contribution >= 4 is 5.91 Å². The zero-order chi connectivity index (χ0) is 14.5. The summed E-state index contributed by atoms with van der Waals surface area (Å²) in [6.45, 7) is 5.08. The van der Waals surface area contributed by atoms with Gasteiger partial charge in [0.25, 0.3) is 0 Å². The summed E-state index contributed by atoms with van der Waals surface area (Å²) in [5.41, 5.74) is 0. The van der Waals surface area contributed by atoms with E-state index in [1.54, 1.807) is 7.05 Å². The highest BCUT2D eigenvalue weighted by Crippen LogP contribution is 1.95. The molecule has 0 fully saturated rings. The number of aliphatic hydroxyl groups excluding tert-OH is 2. The van der Waals surface area contributed by atoms with Crippen LogP contribution in [0.2, 0.25) is 0 Å². The van der Waals surface area contributed by atoms with Crippen molar-refractivity contribution in [2.24, 2.45) is 0 Å². The zero-order valence-corrected chi connectivity index (χ0v) is 11.3. The number of likely N-dealkylation sites (N-methyl/N-ethyl adjacent to an activating group) is 1. The van der Waals surface area contributed by atoms with Crippen molar-refractivity contribution in [3.05, 3.63) is 12.7 Å². The molecule has 112 valence electrons. The summed E-state index contributed by atoms with van der Waals surface area (Å²) >= 11 is 0. The average Bonchev–Trinajstić information content (AvgIpc) is 2.42. The number of carbonyl (C=O) groups is 1. The number of hydrogen-bond acceptors (Lipinski definition) is 6. The van der Waals surface area contributed by atoms with Crippen LogP contribution < -0.4 is 10.6 Å². The van der Waals surface area contributed by atoms with Crippen LogP contribution in [0.25, 0.3) is 0 Å². The molecule has 0 heterocycles. The summed E-state index contributed by atoms with van der Waals surface area (Å²) in [6.07, 6.45) is -0.828. The van der Waals surface area contributed by atoms with Gasteiger partial charge in [-0.2, -0.15) is 0 Å². The first kappa shape index (κ1) is 18.0. The maximum absolute atomic E-state index is 10.8. The van der Waals surface area contributed by atoms with Crippen LogP contribution in [0.4, 0.5) is 0 Å². The molecule has 0 saturated heterocycles. The van der Waals surface area contributed by atoms with Crippen LogP contribution in [0.15, 0.2) is 12.7 Å². The predicted octanol–water partition coefficient (Wildman–Crippen LogP) is -1.74. The van der Waals surface area contributed by atoms with Crippen LogP contribution in [0.1, 0.15) is 0 Å². The lowest BCUT2D eigenvalue weighted by Crippen LogP contribution is -2.36. The first-order chi connectivity index (χ1) is 9.11. The molecule has 0 aromatic heterocycles. The lowest BCUT2D eigenvalue weighted by molar-refractivity contribution is -0.116. The Bertz CT molecular complexity index is 250. The van der Waals surface area contributed by atoms with Gasteiger partial charge < -0.3 is 30.3 Å². The minimum atomic E-state index is -1.01. The predicted molar refractivity (Wildman–Crippen MR) is 70.8 cm³/mol. The topological polar surface area (TPSA) is 100 Å². The number of nitrogens with one attached hydrogen (secondary N) is 2. The van der Waals surface area contributed by atoms with Gasteiger partial charge >= 0.3 is 0 Å². The van der Waals surface area contributed by atoms with E-state index in [0.29, 0.717) is 19.7 Å². The third-order valence-corrected chi connectivity index (χ3v) is 2.25. The van der Waals surface area contributed by atoms with Crippen molar-refractivity contribution in [1.29, 1.82) is 0 Å². The molecule has 0 aromatic rings. The quantitative estimate of drug-likeness (QED) is 0.249. The molecule has 0 bridgehead atoms. The van der Waals surface area contributed by atoms with E-state index in [1.165, 1.54) is 6.08 Å². The highest BCUT2D eigenvalue weighted by molar-refractivity contribution is 5.86. The van der Waals surface area contributed by atoms with Crippen molar-refractivity contribution in [2.45, 2.75) is 12.2 Å². The Morgan fingerprint density at radius 1 is 1.21 bits per heavy atom. The molecule has 0 spiro atoms. The molecular formula is C12H24N2O5. The molecule has 2 unspecified atom stereocenters. The third kappa shape index (κ3) is 10.6. The van der Waals surface area contributed by atoms with Gasteiger partial charge in [0.05, 0.1) is 26.4 Å². The highest BCUT2D eigenvalue weighted by Gasteiger charge is 2.16. The molecule has 4 N–H and O–H groups in total. The largest absolute Gasteiger partial charge is 0.388 e. The SMILES string of the molecule is C=CC(=O)NCCOCC(O)C(O)COCCNC. The molecule has 7 nitrogen and oxygen atoms in total. The Balaban J connectivity index is 3.48. The van der Waals surface area contributed by atoms with Gasteiger partial charge in [-0.05, 0) is 13.1 Å². The van der Waals surface area contributed by atoms with Crippen LogP contribution in [0.5, 0.6) is 0 Å². The van der Waals surface area contributed by atoms with E-state index >= 15 is 0 Å². The van der Waals surface area contributed by atoms with Crippen molar-refractivity contribution in [3.8, 4) is 0 Å². The molecule has 0 aliphatic rings. The van der Waals surface area contributed by atoms with E-state index in [9.17, 15) is 15.0 Å². The molecule has 0 aliphatic carbocycles. The highest BCUT2D eigenvalue weighted by atomic mass is 16.5. The van der Waals surface area contributed by atoms with Gasteiger partial charge in [0.2, 0.25) is 5.91 Å². The lowest BCUT2D eigenvalue weighted by Gasteiger charge is -2.18. The van der Waals surface area contributed by atoms with E-state index in [1.807, 2.05) is 0 Å². The standard InChI is InChI=1S/C12H24N2O5/c1-3-12(17)14-5-7-19-9-11(16)10(15)8-18-6-4-13-2/h3,10-11,13,15-16H,1,4-9H2,2H3,(H,14,17). The van der Waals surface area contributed by atoms with E-state index in [2.05, 4.69) is 17.2 Å². The molecule has 0 aromatic carbocycles. The monoisotopic (exact) mass is 276 g/mol. The van der Waals surface area contributed by atoms with Gasteiger partial charge in [-0.25, -0.2) is 0 Å². The number of rotatable bonds is 12. The summed E-state index contributed by atoms with van der Waals surface area (Å²) in [6, 6.07) is 0. The number of amides is 1. The molecule has 7 heteroatoms. The van der Waals surface area contributed by atoms with Gasteiger partial charge in [-0.3, -0.25) is 4.79 Å². The Hall–Kier alpha value is -0.990. The lowest BCUT2D eigenvalue weighted by atomic mass is 10.2.